The topological polar surface area (TPSA) is 24.5 Å². The molecule has 1 N–H and O–H groups in total. The lowest BCUT2D eigenvalue weighted by Crippen LogP contribution is -2.49. The third kappa shape index (κ3) is 4.71. The van der Waals surface area contributed by atoms with E-state index in [0.29, 0.717) is 12.1 Å². The average molecular weight is 282 g/mol. The average Bonchev–Trinajstić information content (AvgIpc) is 2.48. The van der Waals surface area contributed by atoms with Crippen molar-refractivity contribution >= 4 is 0 Å². The summed E-state index contributed by atoms with van der Waals surface area (Å²) in [5.41, 5.74) is 0. The molecule has 0 amide bonds. The summed E-state index contributed by atoms with van der Waals surface area (Å²) in [7, 11) is 0. The van der Waals surface area contributed by atoms with Crippen molar-refractivity contribution in [2.45, 2.75) is 65.0 Å². The van der Waals surface area contributed by atoms with Crippen LogP contribution in [0.5, 0.6) is 0 Å². The third-order valence-electron chi connectivity index (χ3n) is 5.29. The summed E-state index contributed by atoms with van der Waals surface area (Å²) in [5.74, 6) is 1.64. The van der Waals surface area contributed by atoms with Gasteiger partial charge in [-0.1, -0.05) is 6.92 Å². The second-order valence-corrected chi connectivity index (χ2v) is 6.90. The van der Waals surface area contributed by atoms with Gasteiger partial charge in [0.05, 0.1) is 0 Å². The smallest absolute Gasteiger partial charge is 0.0469 e. The Hall–Kier alpha value is -0.120. The van der Waals surface area contributed by atoms with Gasteiger partial charge < -0.3 is 15.0 Å². The molecule has 118 valence electrons. The summed E-state index contributed by atoms with van der Waals surface area (Å²) < 4.78 is 5.48. The van der Waals surface area contributed by atoms with Crippen molar-refractivity contribution in [3.05, 3.63) is 0 Å². The van der Waals surface area contributed by atoms with Gasteiger partial charge in [-0.25, -0.2) is 0 Å². The highest BCUT2D eigenvalue weighted by atomic mass is 16.5. The van der Waals surface area contributed by atoms with Crippen molar-refractivity contribution < 1.29 is 4.74 Å². The Morgan fingerprint density at radius 1 is 1.10 bits per heavy atom. The molecule has 0 spiro atoms. The van der Waals surface area contributed by atoms with Crippen molar-refractivity contribution in [1.82, 2.24) is 10.2 Å². The fraction of sp³-hybridized carbons (Fsp3) is 1.00. The molecule has 0 bridgehead atoms. The molecule has 2 aliphatic heterocycles. The van der Waals surface area contributed by atoms with Crippen LogP contribution in [-0.2, 0) is 4.74 Å². The Labute approximate surface area is 125 Å². The van der Waals surface area contributed by atoms with Gasteiger partial charge in [0.15, 0.2) is 0 Å². The lowest BCUT2D eigenvalue weighted by atomic mass is 9.88. The number of likely N-dealkylation sites (tertiary alicyclic amines) is 1. The first-order valence-corrected chi connectivity index (χ1v) is 8.76. The maximum Gasteiger partial charge on any atom is 0.0469 e. The Morgan fingerprint density at radius 3 is 2.50 bits per heavy atom. The van der Waals surface area contributed by atoms with E-state index < -0.39 is 0 Å². The zero-order chi connectivity index (χ0) is 14.4. The van der Waals surface area contributed by atoms with E-state index in [9.17, 15) is 0 Å². The first-order valence-electron chi connectivity index (χ1n) is 8.76. The number of hydrogen-bond acceptors (Lipinski definition) is 3. The third-order valence-corrected chi connectivity index (χ3v) is 5.29. The highest BCUT2D eigenvalue weighted by molar-refractivity contribution is 4.84. The van der Waals surface area contributed by atoms with Gasteiger partial charge in [0.2, 0.25) is 0 Å². The van der Waals surface area contributed by atoms with Crippen molar-refractivity contribution in [3.8, 4) is 0 Å². The van der Waals surface area contributed by atoms with Crippen LogP contribution < -0.4 is 5.32 Å². The van der Waals surface area contributed by atoms with Gasteiger partial charge in [0.25, 0.3) is 0 Å². The van der Waals surface area contributed by atoms with Gasteiger partial charge in [-0.15, -0.1) is 0 Å². The fourth-order valence-corrected chi connectivity index (χ4v) is 3.92. The van der Waals surface area contributed by atoms with Gasteiger partial charge in [0.1, 0.15) is 0 Å². The first-order chi connectivity index (χ1) is 9.70. The van der Waals surface area contributed by atoms with Gasteiger partial charge in [0, 0.05) is 31.8 Å². The van der Waals surface area contributed by atoms with Crippen molar-refractivity contribution in [2.24, 2.45) is 11.8 Å². The van der Waals surface area contributed by atoms with Crippen LogP contribution in [0, 0.1) is 11.8 Å². The second kappa shape index (κ2) is 8.35. The zero-order valence-electron chi connectivity index (χ0n) is 13.7. The van der Waals surface area contributed by atoms with Gasteiger partial charge in [-0.2, -0.15) is 0 Å². The quantitative estimate of drug-likeness (QED) is 0.811. The number of piperidine rings is 1. The van der Waals surface area contributed by atoms with Crippen LogP contribution >= 0.6 is 0 Å². The van der Waals surface area contributed by atoms with Crippen molar-refractivity contribution in [3.63, 3.8) is 0 Å². The maximum absolute atomic E-state index is 5.48. The van der Waals surface area contributed by atoms with Crippen molar-refractivity contribution in [1.29, 1.82) is 0 Å². The predicted octanol–water partition coefficient (Wildman–Crippen LogP) is 2.90. The standard InChI is InChI=1S/C17H34N2O/c1-4-9-19-10-5-6-17(13-19)15(3)18-14(2)16-7-11-20-12-8-16/h14-18H,4-13H2,1-3H3. The summed E-state index contributed by atoms with van der Waals surface area (Å²) in [5, 5.41) is 3.90. The number of hydrogen-bond donors (Lipinski definition) is 1. The lowest BCUT2D eigenvalue weighted by molar-refractivity contribution is 0.0517. The van der Waals surface area contributed by atoms with Gasteiger partial charge in [-0.05, 0) is 70.9 Å². The molecule has 0 saturated carbocycles. The molecule has 0 aromatic heterocycles. The minimum absolute atomic E-state index is 0.635. The summed E-state index contributed by atoms with van der Waals surface area (Å²) in [6.45, 7) is 12.9. The Balaban J connectivity index is 1.76. The number of nitrogens with one attached hydrogen (secondary N) is 1. The van der Waals surface area contributed by atoms with E-state index in [2.05, 4.69) is 31.0 Å². The van der Waals surface area contributed by atoms with Gasteiger partial charge in [-0.3, -0.25) is 0 Å². The molecular formula is C17H34N2O. The van der Waals surface area contributed by atoms with E-state index in [1.165, 1.54) is 51.7 Å². The van der Waals surface area contributed by atoms with Gasteiger partial charge >= 0.3 is 0 Å². The molecule has 20 heavy (non-hydrogen) atoms. The molecule has 3 nitrogen and oxygen atoms in total. The Kier molecular flexibility index (Phi) is 6.79. The highest BCUT2D eigenvalue weighted by Crippen LogP contribution is 2.23. The molecule has 0 aromatic rings. The summed E-state index contributed by atoms with van der Waals surface area (Å²) in [6, 6.07) is 1.28. The molecule has 2 rings (SSSR count). The Morgan fingerprint density at radius 2 is 1.80 bits per heavy atom. The minimum Gasteiger partial charge on any atom is -0.381 e. The van der Waals surface area contributed by atoms with E-state index >= 15 is 0 Å². The normalized spacial score (nSPS) is 29.2. The largest absolute Gasteiger partial charge is 0.381 e. The summed E-state index contributed by atoms with van der Waals surface area (Å²) in [6.07, 6.45) is 6.52. The number of rotatable bonds is 6. The SMILES string of the molecule is CCCN1CCCC(C(C)NC(C)C2CCOCC2)C1. The van der Waals surface area contributed by atoms with Crippen LogP contribution in [0.3, 0.4) is 0 Å². The summed E-state index contributed by atoms with van der Waals surface area (Å²) in [4.78, 5) is 2.66. The molecular weight excluding hydrogens is 248 g/mol. The fourth-order valence-electron chi connectivity index (χ4n) is 3.92. The van der Waals surface area contributed by atoms with Crippen molar-refractivity contribution in [2.75, 3.05) is 32.8 Å². The van der Waals surface area contributed by atoms with E-state index in [-0.39, 0.29) is 0 Å². The van der Waals surface area contributed by atoms with Crippen LogP contribution in [0.15, 0.2) is 0 Å². The van der Waals surface area contributed by atoms with Crippen LogP contribution in [-0.4, -0.2) is 49.8 Å². The first kappa shape index (κ1) is 16.3. The highest BCUT2D eigenvalue weighted by Gasteiger charge is 2.27. The minimum atomic E-state index is 0.635. The monoisotopic (exact) mass is 282 g/mol. The number of nitrogens with zero attached hydrogens (tertiary/aromatic N) is 1. The molecule has 3 atom stereocenters. The molecule has 3 heteroatoms. The molecule has 3 unspecified atom stereocenters. The zero-order valence-corrected chi connectivity index (χ0v) is 13.7. The molecule has 0 aromatic carbocycles. The predicted molar refractivity (Wildman–Crippen MR) is 85.1 cm³/mol. The molecule has 0 radical (unpaired) electrons. The molecule has 2 aliphatic rings. The van der Waals surface area contributed by atoms with Crippen LogP contribution in [0.2, 0.25) is 0 Å². The van der Waals surface area contributed by atoms with E-state index in [1.54, 1.807) is 0 Å². The van der Waals surface area contributed by atoms with Crippen LogP contribution in [0.4, 0.5) is 0 Å². The maximum atomic E-state index is 5.48. The second-order valence-electron chi connectivity index (χ2n) is 6.90. The van der Waals surface area contributed by atoms with Crippen LogP contribution in [0.25, 0.3) is 0 Å². The van der Waals surface area contributed by atoms with E-state index in [0.717, 1.165) is 25.0 Å². The molecule has 2 fully saturated rings. The molecule has 0 aliphatic carbocycles. The molecule has 2 heterocycles. The van der Waals surface area contributed by atoms with E-state index in [4.69, 9.17) is 4.74 Å². The van der Waals surface area contributed by atoms with Crippen LogP contribution in [0.1, 0.15) is 52.9 Å². The number of ether oxygens (including phenoxy) is 1. The lowest BCUT2D eigenvalue weighted by Gasteiger charge is -2.38. The summed E-state index contributed by atoms with van der Waals surface area (Å²) >= 11 is 0. The molecule has 2 saturated heterocycles. The van der Waals surface area contributed by atoms with E-state index in [1.807, 2.05) is 0 Å². The Bertz CT molecular complexity index is 264.